The number of amides is 2. The van der Waals surface area contributed by atoms with Gasteiger partial charge in [0.2, 0.25) is 5.96 Å². The third-order valence-corrected chi connectivity index (χ3v) is 16.1. The van der Waals surface area contributed by atoms with Crippen molar-refractivity contribution < 1.29 is 112 Å². The molecule has 0 radical (unpaired) electrons. The summed E-state index contributed by atoms with van der Waals surface area (Å²) in [6.45, 7) is 10.1. The first kappa shape index (κ1) is 69.8. The summed E-state index contributed by atoms with van der Waals surface area (Å²) < 4.78 is 280. The van der Waals surface area contributed by atoms with E-state index in [0.717, 1.165) is 24.3 Å². The lowest BCUT2D eigenvalue weighted by Crippen LogP contribution is -2.74. The fourth-order valence-corrected chi connectivity index (χ4v) is 11.0. The SMILES string of the molecule is COc1ccc(C(OC[C@H]2O[C@@H](N3C=NC4C(=O)NC(=NC(=O)C(C)C)N=C43)C[C@@H]2OP(OCCC#N)N(C(C)C)C(C)C)(c2ccc(CCC(F)(F)C(F)(F)C(F)(F)C(F)(F)C(F)(F)C(F)(F)C(F)(F)C(F)(F)F)cc2)c2ccc(OC)cc2)cc1. The van der Waals surface area contributed by atoms with Crippen molar-refractivity contribution in [3.8, 4) is 17.6 Å². The summed E-state index contributed by atoms with van der Waals surface area (Å²) in [6.07, 6.45) is -14.2. The molecule has 33 heteroatoms. The fourth-order valence-electron chi connectivity index (χ4n) is 9.24. The first-order valence-corrected chi connectivity index (χ1v) is 27.3. The highest BCUT2D eigenvalue weighted by Gasteiger charge is 2.95. The maximum Gasteiger partial charge on any atom is 0.460 e. The van der Waals surface area contributed by atoms with E-state index in [-0.39, 0.29) is 60.0 Å². The zero-order valence-corrected chi connectivity index (χ0v) is 48.0. The van der Waals surface area contributed by atoms with E-state index in [1.807, 2.05) is 38.4 Å². The molecule has 15 nitrogen and oxygen atoms in total. The molecule has 0 bridgehead atoms. The van der Waals surface area contributed by atoms with E-state index in [9.17, 15) is 71.9 Å². The summed E-state index contributed by atoms with van der Waals surface area (Å²) in [5.41, 5.74) is -1.91. The van der Waals surface area contributed by atoms with Crippen LogP contribution in [0.5, 0.6) is 11.5 Å². The van der Waals surface area contributed by atoms with Crippen LogP contribution < -0.4 is 14.8 Å². The molecule has 3 aromatic carbocycles. The maximum atomic E-state index is 15.3. The normalized spacial score (nSPS) is 20.1. The van der Waals surface area contributed by atoms with E-state index < -0.39 is 129 Å². The van der Waals surface area contributed by atoms with Gasteiger partial charge >= 0.3 is 47.6 Å². The van der Waals surface area contributed by atoms with E-state index in [1.165, 1.54) is 74.0 Å². The molecule has 5 atom stereocenters. The molecule has 3 heterocycles. The summed E-state index contributed by atoms with van der Waals surface area (Å²) >= 11 is 0. The van der Waals surface area contributed by atoms with Crippen LogP contribution in [0.25, 0.3) is 0 Å². The number of aryl methyl sites for hydroxylation is 1. The minimum atomic E-state index is -8.76. The zero-order chi connectivity index (χ0) is 65.3. The quantitative estimate of drug-likeness (QED) is 0.0334. The molecule has 6 rings (SSSR count). The van der Waals surface area contributed by atoms with Crippen LogP contribution in [0.15, 0.2) is 87.8 Å². The summed E-state index contributed by atoms with van der Waals surface area (Å²) in [5, 5.41) is 11.9. The van der Waals surface area contributed by atoms with Gasteiger partial charge in [0, 0.05) is 30.8 Å². The second-order valence-electron chi connectivity index (χ2n) is 20.8. The Morgan fingerprint density at radius 3 is 1.69 bits per heavy atom. The molecule has 3 aliphatic rings. The number of guanidine groups is 1. The Labute approximate surface area is 487 Å². The summed E-state index contributed by atoms with van der Waals surface area (Å²) in [4.78, 5) is 40.1. The highest BCUT2D eigenvalue weighted by Crippen LogP contribution is 2.64. The number of nitriles is 1. The number of benzene rings is 3. The Bertz CT molecular complexity index is 2980. The highest BCUT2D eigenvalue weighted by molar-refractivity contribution is 7.44. The molecule has 0 spiro atoms. The van der Waals surface area contributed by atoms with Gasteiger partial charge in [-0.3, -0.25) is 24.8 Å². The third-order valence-electron chi connectivity index (χ3n) is 14.0. The molecule has 3 aromatic rings. The molecule has 2 amide bonds. The number of carbonyl (C=O) groups is 2. The highest BCUT2D eigenvalue weighted by atomic mass is 31.2. The maximum absolute atomic E-state index is 15.3. The van der Waals surface area contributed by atoms with Crippen molar-refractivity contribution in [3.63, 3.8) is 0 Å². The van der Waals surface area contributed by atoms with Crippen molar-refractivity contribution in [2.45, 2.75) is 157 Å². The van der Waals surface area contributed by atoms with Crippen LogP contribution in [0.2, 0.25) is 0 Å². The lowest BCUT2D eigenvalue weighted by molar-refractivity contribution is -0.461. The molecule has 0 aliphatic carbocycles. The molecule has 3 aliphatic heterocycles. The Balaban J connectivity index is 1.43. The first-order chi connectivity index (χ1) is 40.2. The number of nitrogens with one attached hydrogen (secondary N) is 1. The Morgan fingerprint density at radius 2 is 1.23 bits per heavy atom. The summed E-state index contributed by atoms with van der Waals surface area (Å²) in [5.74, 6) is -58.9. The number of fused-ring (bicyclic) bond motifs is 1. The van der Waals surface area contributed by atoms with Crippen LogP contribution in [0.1, 0.15) is 83.1 Å². The number of aliphatic imine (C=N–C) groups is 3. The van der Waals surface area contributed by atoms with Gasteiger partial charge < -0.3 is 28.0 Å². The van der Waals surface area contributed by atoms with Crippen LogP contribution in [-0.4, -0.2) is 151 Å². The molecule has 1 fully saturated rings. The third kappa shape index (κ3) is 13.2. The predicted molar refractivity (Wildman–Crippen MR) is 278 cm³/mol. The number of hydrogen-bond donors (Lipinski definition) is 1. The second kappa shape index (κ2) is 26.1. The average Bonchev–Trinajstić information content (AvgIpc) is 1.51. The van der Waals surface area contributed by atoms with Gasteiger partial charge in [-0.15, -0.1) is 0 Å². The zero-order valence-electron chi connectivity index (χ0n) is 47.1. The minimum absolute atomic E-state index is 0.00957. The van der Waals surface area contributed by atoms with Crippen LogP contribution >= 0.6 is 8.53 Å². The van der Waals surface area contributed by atoms with Crippen LogP contribution in [0, 0.1) is 17.2 Å². The number of nitrogens with zero attached hydrogens (tertiary/aromatic N) is 6. The van der Waals surface area contributed by atoms with Gasteiger partial charge in [0.25, 0.3) is 20.3 Å². The molecule has 1 saturated heterocycles. The predicted octanol–water partition coefficient (Wildman–Crippen LogP) is 12.5. The lowest BCUT2D eigenvalue weighted by atomic mass is 9.79. The van der Waals surface area contributed by atoms with E-state index in [0.29, 0.717) is 11.5 Å². The van der Waals surface area contributed by atoms with Crippen LogP contribution in [-0.2, 0) is 40.1 Å². The average molecular weight is 1290 g/mol. The topological polar surface area (TPSA) is 169 Å². The number of amidine groups is 1. The number of carbonyl (C=O) groups excluding carboxylic acids is 2. The number of halogens is 17. The van der Waals surface area contributed by atoms with Gasteiger partial charge in [-0.2, -0.15) is 89.9 Å². The number of rotatable bonds is 27. The Morgan fingerprint density at radius 1 is 0.747 bits per heavy atom. The lowest BCUT2D eigenvalue weighted by Gasteiger charge is -2.42. The van der Waals surface area contributed by atoms with E-state index >= 15 is 17.6 Å². The van der Waals surface area contributed by atoms with Crippen LogP contribution in [0.3, 0.4) is 0 Å². The summed E-state index contributed by atoms with van der Waals surface area (Å²) in [6, 6.07) is 16.7. The number of hydrogen-bond acceptors (Lipinski definition) is 12. The number of ether oxygens (including phenoxy) is 4. The molecular formula is C54H57F17N7O8P. The van der Waals surface area contributed by atoms with E-state index in [2.05, 4.69) is 20.3 Å². The largest absolute Gasteiger partial charge is 0.497 e. The minimum Gasteiger partial charge on any atom is -0.497 e. The summed E-state index contributed by atoms with van der Waals surface area (Å²) in [7, 11) is 0.647. The second-order valence-corrected chi connectivity index (χ2v) is 22.2. The molecule has 87 heavy (non-hydrogen) atoms. The van der Waals surface area contributed by atoms with Crippen molar-refractivity contribution in [1.82, 2.24) is 14.9 Å². The van der Waals surface area contributed by atoms with Crippen molar-refractivity contribution in [1.29, 1.82) is 5.26 Å². The molecule has 0 saturated carbocycles. The van der Waals surface area contributed by atoms with Gasteiger partial charge in [-0.05, 0) is 80.6 Å². The molecule has 1 N–H and O–H groups in total. The number of methoxy groups -OCH3 is 2. The standard InChI is InChI=1S/C54H57F17N7O8P/c1-29(2)43(79)75-45-74-42-41(44(80)76-45)73-28-77(42)40-26-38(86-87(84-25-9-24-72)78(30(3)4)31(5)6)39(85-40)27-83-47(34-14-18-36(81-7)19-15-34,35-16-20-37(82-8)21-17-35)33-12-10-32(11-13-33)22-23-46(55,56)48(57,58)49(59,60)50(61,62)51(63,64)52(65,66)53(67,68)54(69,70)71/h10-21,28-31,38-41H,9,22-23,25-27H2,1-8H3,(H,75,76,79,80)/t38-,39+,40+,41?,87?/m0/s1. The van der Waals surface area contributed by atoms with Gasteiger partial charge in [0.05, 0.1) is 52.4 Å². The smallest absolute Gasteiger partial charge is 0.460 e. The van der Waals surface area contributed by atoms with Crippen molar-refractivity contribution in [2.75, 3.05) is 27.4 Å². The Hall–Kier alpha value is -6.26. The van der Waals surface area contributed by atoms with Crippen molar-refractivity contribution >= 4 is 38.5 Å². The number of alkyl halides is 17. The molecular weight excluding hydrogens is 1230 g/mol. The van der Waals surface area contributed by atoms with E-state index in [4.69, 9.17) is 28.0 Å². The van der Waals surface area contributed by atoms with E-state index in [1.54, 1.807) is 13.8 Å². The first-order valence-electron chi connectivity index (χ1n) is 26.2. The van der Waals surface area contributed by atoms with Crippen molar-refractivity contribution in [3.05, 3.63) is 95.1 Å². The molecule has 2 unspecified atom stereocenters. The monoisotopic (exact) mass is 1290 g/mol. The fraction of sp³-hybridized carbons (Fsp3) is 0.556. The van der Waals surface area contributed by atoms with Crippen molar-refractivity contribution in [2.24, 2.45) is 20.9 Å². The molecule has 0 aromatic heterocycles. The van der Waals surface area contributed by atoms with Gasteiger partial charge in [0.15, 0.2) is 11.9 Å². The molecule has 480 valence electrons. The van der Waals surface area contributed by atoms with Gasteiger partial charge in [0.1, 0.15) is 29.4 Å². The van der Waals surface area contributed by atoms with Gasteiger partial charge in [-0.25, -0.2) is 4.67 Å². The van der Waals surface area contributed by atoms with Gasteiger partial charge in [-0.1, -0.05) is 62.4 Å². The van der Waals surface area contributed by atoms with Crippen LogP contribution in [0.4, 0.5) is 74.6 Å². The Kier molecular flexibility index (Phi) is 20.9.